The molecule has 1 aliphatic heterocycles. The van der Waals surface area contributed by atoms with Crippen molar-refractivity contribution in [1.82, 2.24) is 4.90 Å². The molecule has 5 heteroatoms. The number of benzene rings is 2. The second kappa shape index (κ2) is 8.81. The summed E-state index contributed by atoms with van der Waals surface area (Å²) in [5, 5.41) is 11.5. The normalized spacial score (nSPS) is 16.9. The first kappa shape index (κ1) is 19.9. The van der Waals surface area contributed by atoms with Gasteiger partial charge >= 0.3 is 0 Å². The van der Waals surface area contributed by atoms with Crippen LogP contribution >= 0.6 is 24.0 Å². The van der Waals surface area contributed by atoms with Crippen LogP contribution in [0.1, 0.15) is 35.2 Å². The lowest BCUT2D eigenvalue weighted by Gasteiger charge is -2.38. The van der Waals surface area contributed by atoms with E-state index in [0.717, 1.165) is 30.8 Å². The molecule has 1 heterocycles. The van der Waals surface area contributed by atoms with Gasteiger partial charge in [0.1, 0.15) is 0 Å². The van der Waals surface area contributed by atoms with E-state index in [1.807, 2.05) is 54.6 Å². The van der Waals surface area contributed by atoms with Gasteiger partial charge in [-0.15, -0.1) is 12.4 Å². The summed E-state index contributed by atoms with van der Waals surface area (Å²) >= 11 is 5.92. The Morgan fingerprint density at radius 2 is 1.64 bits per heavy atom. The Bertz CT molecular complexity index is 681. The van der Waals surface area contributed by atoms with Gasteiger partial charge in [-0.2, -0.15) is 0 Å². The number of ketones is 1. The highest BCUT2D eigenvalue weighted by atomic mass is 35.5. The maximum Gasteiger partial charge on any atom is 0.164 e. The molecule has 1 fully saturated rings. The Hall–Kier alpha value is -1.39. The first-order chi connectivity index (χ1) is 11.6. The summed E-state index contributed by atoms with van der Waals surface area (Å²) in [6, 6.07) is 16.8. The molecule has 1 N–H and O–H groups in total. The summed E-state index contributed by atoms with van der Waals surface area (Å²) in [7, 11) is 0. The van der Waals surface area contributed by atoms with Crippen LogP contribution in [-0.2, 0) is 5.60 Å². The number of piperidine rings is 1. The van der Waals surface area contributed by atoms with Crippen LogP contribution in [0.5, 0.6) is 0 Å². The Balaban J connectivity index is 0.00000225. The number of carbonyl (C=O) groups excluding carboxylic acids is 1. The lowest BCUT2D eigenvalue weighted by Crippen LogP contribution is -2.43. The quantitative estimate of drug-likeness (QED) is 0.786. The minimum absolute atomic E-state index is 0. The van der Waals surface area contributed by atoms with Crippen molar-refractivity contribution in [3.05, 3.63) is 70.7 Å². The molecule has 3 nitrogen and oxygen atoms in total. The van der Waals surface area contributed by atoms with Crippen LogP contribution in [0.2, 0.25) is 5.02 Å². The summed E-state index contributed by atoms with van der Waals surface area (Å²) in [6.07, 6.45) is 1.87. The predicted octanol–water partition coefficient (Wildman–Crippen LogP) is 4.32. The number of Topliss-reactive ketones (excluding diaryl/α,β-unsaturated/α-hetero) is 1. The second-order valence-corrected chi connectivity index (χ2v) is 6.86. The number of halogens is 2. The zero-order valence-corrected chi connectivity index (χ0v) is 15.6. The highest BCUT2D eigenvalue weighted by molar-refractivity contribution is 6.30. The molecule has 0 unspecified atom stereocenters. The highest BCUT2D eigenvalue weighted by Crippen LogP contribution is 2.33. The number of nitrogens with zero attached hydrogens (tertiary/aromatic N) is 1. The number of carbonyl (C=O) groups is 1. The van der Waals surface area contributed by atoms with Crippen molar-refractivity contribution in [1.29, 1.82) is 0 Å². The third-order valence-electron chi connectivity index (χ3n) is 4.82. The van der Waals surface area contributed by atoms with Crippen LogP contribution in [-0.4, -0.2) is 35.4 Å². The molecular formula is C20H23Cl2NO2. The van der Waals surface area contributed by atoms with Crippen molar-refractivity contribution in [3.63, 3.8) is 0 Å². The van der Waals surface area contributed by atoms with E-state index in [9.17, 15) is 9.90 Å². The molecule has 25 heavy (non-hydrogen) atoms. The summed E-state index contributed by atoms with van der Waals surface area (Å²) in [5.74, 6) is 0.175. The Morgan fingerprint density at radius 1 is 1.04 bits per heavy atom. The SMILES string of the molecule is Cl.O=C(CCN1CCC(O)(c2ccc(Cl)cc2)CC1)c1ccccc1. The molecule has 0 atom stereocenters. The van der Waals surface area contributed by atoms with Crippen LogP contribution in [0.4, 0.5) is 0 Å². The van der Waals surface area contributed by atoms with Crippen LogP contribution in [0.15, 0.2) is 54.6 Å². The van der Waals surface area contributed by atoms with Crippen LogP contribution in [0.3, 0.4) is 0 Å². The van der Waals surface area contributed by atoms with Crippen molar-refractivity contribution in [2.24, 2.45) is 0 Å². The fraction of sp³-hybridized carbons (Fsp3) is 0.350. The molecule has 0 radical (unpaired) electrons. The maximum atomic E-state index is 12.2. The average molecular weight is 380 g/mol. The van der Waals surface area contributed by atoms with Crippen molar-refractivity contribution in [2.75, 3.05) is 19.6 Å². The molecule has 0 saturated carbocycles. The molecule has 3 rings (SSSR count). The summed E-state index contributed by atoms with van der Waals surface area (Å²) < 4.78 is 0. The van der Waals surface area contributed by atoms with E-state index in [1.54, 1.807) is 0 Å². The lowest BCUT2D eigenvalue weighted by molar-refractivity contribution is -0.0256. The molecule has 2 aromatic rings. The summed E-state index contributed by atoms with van der Waals surface area (Å²) in [6.45, 7) is 2.33. The molecule has 0 aromatic heterocycles. The predicted molar refractivity (Wildman–Crippen MR) is 104 cm³/mol. The third-order valence-corrected chi connectivity index (χ3v) is 5.07. The molecule has 134 valence electrons. The highest BCUT2D eigenvalue weighted by Gasteiger charge is 2.33. The zero-order chi connectivity index (χ0) is 17.0. The number of aliphatic hydroxyl groups is 1. The van der Waals surface area contributed by atoms with Gasteiger partial charge in [0, 0.05) is 36.6 Å². The topological polar surface area (TPSA) is 40.5 Å². The van der Waals surface area contributed by atoms with Gasteiger partial charge < -0.3 is 10.0 Å². The molecule has 2 aromatic carbocycles. The monoisotopic (exact) mass is 379 g/mol. The Morgan fingerprint density at radius 3 is 2.24 bits per heavy atom. The van der Waals surface area contributed by atoms with Crippen molar-refractivity contribution in [3.8, 4) is 0 Å². The van der Waals surface area contributed by atoms with Crippen LogP contribution in [0.25, 0.3) is 0 Å². The molecule has 0 bridgehead atoms. The standard InChI is InChI=1S/C20H22ClNO2.ClH/c21-18-8-6-17(7-9-18)20(24)11-14-22(15-12-20)13-10-19(23)16-4-2-1-3-5-16;/h1-9,24H,10-15H2;1H. The van der Waals surface area contributed by atoms with E-state index in [0.29, 0.717) is 24.3 Å². The molecule has 1 aliphatic rings. The van der Waals surface area contributed by atoms with E-state index in [-0.39, 0.29) is 18.2 Å². The first-order valence-electron chi connectivity index (χ1n) is 8.36. The van der Waals surface area contributed by atoms with Gasteiger partial charge in [0.15, 0.2) is 5.78 Å². The van der Waals surface area contributed by atoms with E-state index in [1.165, 1.54) is 0 Å². The summed E-state index contributed by atoms with van der Waals surface area (Å²) in [4.78, 5) is 14.4. The molecule has 0 aliphatic carbocycles. The van der Waals surface area contributed by atoms with E-state index >= 15 is 0 Å². The zero-order valence-electron chi connectivity index (χ0n) is 14.0. The molecular weight excluding hydrogens is 357 g/mol. The van der Waals surface area contributed by atoms with Gasteiger partial charge in [-0.05, 0) is 30.5 Å². The van der Waals surface area contributed by atoms with Crippen LogP contribution < -0.4 is 0 Å². The van der Waals surface area contributed by atoms with Crippen molar-refractivity contribution < 1.29 is 9.90 Å². The van der Waals surface area contributed by atoms with Gasteiger partial charge in [0.05, 0.1) is 5.60 Å². The molecule has 1 saturated heterocycles. The van der Waals surface area contributed by atoms with Crippen molar-refractivity contribution >= 4 is 29.8 Å². The average Bonchev–Trinajstić information content (AvgIpc) is 2.62. The van der Waals surface area contributed by atoms with E-state index in [2.05, 4.69) is 4.90 Å². The number of hydrogen-bond donors (Lipinski definition) is 1. The van der Waals surface area contributed by atoms with Gasteiger partial charge in [-0.25, -0.2) is 0 Å². The third kappa shape index (κ3) is 5.05. The number of hydrogen-bond acceptors (Lipinski definition) is 3. The van der Waals surface area contributed by atoms with Gasteiger partial charge in [0.25, 0.3) is 0 Å². The Kier molecular flexibility index (Phi) is 7.03. The fourth-order valence-corrected chi connectivity index (χ4v) is 3.35. The summed E-state index contributed by atoms with van der Waals surface area (Å²) in [5.41, 5.74) is 0.906. The fourth-order valence-electron chi connectivity index (χ4n) is 3.22. The first-order valence-corrected chi connectivity index (χ1v) is 8.74. The number of rotatable bonds is 5. The number of likely N-dealkylation sites (tertiary alicyclic amines) is 1. The minimum atomic E-state index is -0.787. The largest absolute Gasteiger partial charge is 0.385 e. The van der Waals surface area contributed by atoms with Gasteiger partial charge in [0.2, 0.25) is 0 Å². The van der Waals surface area contributed by atoms with Gasteiger partial charge in [-0.1, -0.05) is 54.1 Å². The Labute approximate surface area is 160 Å². The van der Waals surface area contributed by atoms with E-state index in [4.69, 9.17) is 11.6 Å². The maximum absolute atomic E-state index is 12.2. The van der Waals surface area contributed by atoms with Crippen LogP contribution in [0, 0.1) is 0 Å². The minimum Gasteiger partial charge on any atom is -0.385 e. The smallest absolute Gasteiger partial charge is 0.164 e. The lowest BCUT2D eigenvalue weighted by atomic mass is 9.84. The molecule has 0 amide bonds. The second-order valence-electron chi connectivity index (χ2n) is 6.42. The molecule has 0 spiro atoms. The van der Waals surface area contributed by atoms with Crippen molar-refractivity contribution in [2.45, 2.75) is 24.9 Å². The van der Waals surface area contributed by atoms with E-state index < -0.39 is 5.60 Å². The van der Waals surface area contributed by atoms with Gasteiger partial charge in [-0.3, -0.25) is 4.79 Å².